The van der Waals surface area contributed by atoms with Crippen LogP contribution in [0.2, 0.25) is 5.02 Å². The lowest BCUT2D eigenvalue weighted by Crippen LogP contribution is -2.45. The minimum absolute atomic E-state index is 0.215. The Hall–Kier alpha value is -3.16. The molecular formula is C25H25ClN2O4S. The van der Waals surface area contributed by atoms with Crippen LogP contribution in [0.25, 0.3) is 0 Å². The van der Waals surface area contributed by atoms with Gasteiger partial charge in [0.25, 0.3) is 0 Å². The van der Waals surface area contributed by atoms with Crippen LogP contribution in [0.3, 0.4) is 0 Å². The van der Waals surface area contributed by atoms with Gasteiger partial charge in [-0.1, -0.05) is 54.1 Å². The highest BCUT2D eigenvalue weighted by molar-refractivity contribution is 7.92. The Bertz CT molecular complexity index is 1310. The van der Waals surface area contributed by atoms with E-state index in [9.17, 15) is 18.0 Å². The van der Waals surface area contributed by atoms with Crippen LogP contribution in [0.1, 0.15) is 34.0 Å². The van der Waals surface area contributed by atoms with E-state index in [2.05, 4.69) is 5.32 Å². The van der Waals surface area contributed by atoms with Crippen molar-refractivity contribution in [1.29, 1.82) is 0 Å². The average molecular weight is 485 g/mol. The minimum atomic E-state index is -3.79. The quantitative estimate of drug-likeness (QED) is 0.479. The maximum Gasteiger partial charge on any atom is 0.248 e. The number of nitrogens with one attached hydrogen (secondary N) is 1. The number of rotatable bonds is 7. The highest BCUT2D eigenvalue weighted by atomic mass is 35.5. The topological polar surface area (TPSA) is 83.6 Å². The number of hydrogen-bond donors (Lipinski definition) is 1. The molecular weight excluding hydrogens is 460 g/mol. The van der Waals surface area contributed by atoms with Crippen molar-refractivity contribution >= 4 is 44.7 Å². The second-order valence-corrected chi connectivity index (χ2v) is 10.2. The Morgan fingerprint density at radius 2 is 1.64 bits per heavy atom. The first-order valence-electron chi connectivity index (χ1n) is 10.3. The van der Waals surface area contributed by atoms with E-state index in [1.807, 2.05) is 19.1 Å². The van der Waals surface area contributed by atoms with E-state index < -0.39 is 22.0 Å². The number of anilines is 2. The molecule has 0 aliphatic carbocycles. The van der Waals surface area contributed by atoms with Gasteiger partial charge in [-0.15, -0.1) is 0 Å². The fourth-order valence-electron chi connectivity index (χ4n) is 3.53. The normalized spacial score (nSPS) is 12.2. The SMILES string of the molecule is Cc1ccc(C)c(N([C@H](C)C(=O)Nc2ccc(Cl)cc2C(=O)c2ccccc2)S(C)(=O)=O)c1. The first-order chi connectivity index (χ1) is 15.5. The van der Waals surface area contributed by atoms with Gasteiger partial charge in [0.2, 0.25) is 15.9 Å². The summed E-state index contributed by atoms with van der Waals surface area (Å²) in [6.45, 7) is 5.14. The molecule has 8 heteroatoms. The van der Waals surface area contributed by atoms with Crippen LogP contribution in [0.4, 0.5) is 11.4 Å². The number of ketones is 1. The van der Waals surface area contributed by atoms with E-state index >= 15 is 0 Å². The molecule has 1 atom stereocenters. The smallest absolute Gasteiger partial charge is 0.248 e. The van der Waals surface area contributed by atoms with Gasteiger partial charge in [-0.3, -0.25) is 13.9 Å². The van der Waals surface area contributed by atoms with E-state index in [4.69, 9.17) is 11.6 Å². The number of hydrogen-bond acceptors (Lipinski definition) is 4. The number of halogens is 1. The molecule has 3 aromatic carbocycles. The van der Waals surface area contributed by atoms with Crippen molar-refractivity contribution in [1.82, 2.24) is 0 Å². The molecule has 0 radical (unpaired) electrons. The maximum absolute atomic E-state index is 13.2. The fourth-order valence-corrected chi connectivity index (χ4v) is 4.93. The van der Waals surface area contributed by atoms with Gasteiger partial charge in [-0.05, 0) is 56.2 Å². The molecule has 172 valence electrons. The highest BCUT2D eigenvalue weighted by Crippen LogP contribution is 2.28. The number of sulfonamides is 1. The summed E-state index contributed by atoms with van der Waals surface area (Å²) < 4.78 is 26.4. The maximum atomic E-state index is 13.2. The van der Waals surface area contributed by atoms with E-state index in [1.165, 1.54) is 19.1 Å². The van der Waals surface area contributed by atoms with E-state index in [1.54, 1.807) is 49.4 Å². The molecule has 0 heterocycles. The lowest BCUT2D eigenvalue weighted by atomic mass is 10.0. The molecule has 3 rings (SSSR count). The monoisotopic (exact) mass is 484 g/mol. The number of nitrogens with zero attached hydrogens (tertiary/aromatic N) is 1. The summed E-state index contributed by atoms with van der Waals surface area (Å²) in [5, 5.41) is 3.06. The molecule has 3 aromatic rings. The number of amides is 1. The van der Waals surface area contributed by atoms with Crippen LogP contribution in [0.5, 0.6) is 0 Å². The number of carbonyl (C=O) groups is 2. The standard InChI is InChI=1S/C25H25ClN2O4S/c1-16-10-11-17(2)23(14-16)28(33(4,31)32)18(3)25(30)27-22-13-12-20(26)15-21(22)24(29)19-8-6-5-7-9-19/h5-15,18H,1-4H3,(H,27,30)/t18-/m1/s1. The predicted molar refractivity (Wildman–Crippen MR) is 133 cm³/mol. The number of benzene rings is 3. The van der Waals surface area contributed by atoms with Crippen molar-refractivity contribution in [2.75, 3.05) is 15.9 Å². The average Bonchev–Trinajstić information content (AvgIpc) is 2.76. The Balaban J connectivity index is 1.98. The third kappa shape index (κ3) is 5.61. The molecule has 0 saturated carbocycles. The van der Waals surface area contributed by atoms with Crippen LogP contribution < -0.4 is 9.62 Å². The van der Waals surface area contributed by atoms with Crippen LogP contribution in [0.15, 0.2) is 66.7 Å². The van der Waals surface area contributed by atoms with E-state index in [-0.39, 0.29) is 17.0 Å². The molecule has 0 aliphatic rings. The summed E-state index contributed by atoms with van der Waals surface area (Å²) in [5.74, 6) is -0.888. The summed E-state index contributed by atoms with van der Waals surface area (Å²) in [6.07, 6.45) is 1.06. The largest absolute Gasteiger partial charge is 0.324 e. The molecule has 6 nitrogen and oxygen atoms in total. The van der Waals surface area contributed by atoms with E-state index in [0.29, 0.717) is 16.3 Å². The molecule has 0 spiro atoms. The van der Waals surface area contributed by atoms with Gasteiger partial charge in [0, 0.05) is 16.1 Å². The first kappa shape index (κ1) is 24.5. The summed E-state index contributed by atoms with van der Waals surface area (Å²) in [6, 6.07) is 17.5. The Morgan fingerprint density at radius 1 is 0.970 bits per heavy atom. The van der Waals surface area contributed by atoms with Crippen LogP contribution in [-0.4, -0.2) is 32.4 Å². The molecule has 1 N–H and O–H groups in total. The van der Waals surface area contributed by atoms with Crippen LogP contribution in [0, 0.1) is 13.8 Å². The molecule has 0 aliphatic heterocycles. The Labute approximate surface area is 199 Å². The number of aryl methyl sites for hydroxylation is 2. The summed E-state index contributed by atoms with van der Waals surface area (Å²) in [4.78, 5) is 26.3. The van der Waals surface area contributed by atoms with Gasteiger partial charge in [-0.25, -0.2) is 8.42 Å². The zero-order valence-corrected chi connectivity index (χ0v) is 20.4. The summed E-state index contributed by atoms with van der Waals surface area (Å²) in [7, 11) is -3.79. The second-order valence-electron chi connectivity index (χ2n) is 7.90. The van der Waals surface area contributed by atoms with Gasteiger partial charge in [-0.2, -0.15) is 0 Å². The third-order valence-electron chi connectivity index (χ3n) is 5.21. The van der Waals surface area contributed by atoms with Gasteiger partial charge < -0.3 is 5.32 Å². The van der Waals surface area contributed by atoms with Crippen molar-refractivity contribution in [2.24, 2.45) is 0 Å². The van der Waals surface area contributed by atoms with E-state index in [0.717, 1.165) is 21.7 Å². The molecule has 0 bridgehead atoms. The zero-order valence-electron chi connectivity index (χ0n) is 18.8. The zero-order chi connectivity index (χ0) is 24.3. The van der Waals surface area contributed by atoms with Gasteiger partial charge in [0.15, 0.2) is 5.78 Å². The third-order valence-corrected chi connectivity index (χ3v) is 6.67. The second kappa shape index (κ2) is 9.77. The van der Waals surface area contributed by atoms with Crippen molar-refractivity contribution in [3.8, 4) is 0 Å². The molecule has 1 amide bonds. The lowest BCUT2D eigenvalue weighted by Gasteiger charge is -2.30. The predicted octanol–water partition coefficient (Wildman–Crippen LogP) is 4.98. The summed E-state index contributed by atoms with van der Waals surface area (Å²) in [5.41, 5.74) is 2.92. The van der Waals surface area contributed by atoms with Gasteiger partial charge in [0.1, 0.15) is 6.04 Å². The number of carbonyl (C=O) groups excluding carboxylic acids is 2. The fraction of sp³-hybridized carbons (Fsp3) is 0.200. The minimum Gasteiger partial charge on any atom is -0.324 e. The molecule has 33 heavy (non-hydrogen) atoms. The molecule has 0 unspecified atom stereocenters. The van der Waals surface area contributed by atoms with Crippen LogP contribution in [-0.2, 0) is 14.8 Å². The molecule has 0 aromatic heterocycles. The van der Waals surface area contributed by atoms with Crippen molar-refractivity contribution < 1.29 is 18.0 Å². The molecule has 0 fully saturated rings. The Kier molecular flexibility index (Phi) is 7.25. The van der Waals surface area contributed by atoms with Crippen LogP contribution >= 0.6 is 11.6 Å². The van der Waals surface area contributed by atoms with Gasteiger partial charge >= 0.3 is 0 Å². The van der Waals surface area contributed by atoms with Crippen molar-refractivity contribution in [3.63, 3.8) is 0 Å². The Morgan fingerprint density at radius 3 is 2.27 bits per heavy atom. The van der Waals surface area contributed by atoms with Gasteiger partial charge in [0.05, 0.1) is 17.6 Å². The first-order valence-corrected chi connectivity index (χ1v) is 12.5. The summed E-state index contributed by atoms with van der Waals surface area (Å²) >= 11 is 6.12. The van der Waals surface area contributed by atoms with Crippen molar-refractivity contribution in [3.05, 3.63) is 94.0 Å². The molecule has 0 saturated heterocycles. The van der Waals surface area contributed by atoms with Crippen molar-refractivity contribution in [2.45, 2.75) is 26.8 Å². The lowest BCUT2D eigenvalue weighted by molar-refractivity contribution is -0.116. The highest BCUT2D eigenvalue weighted by Gasteiger charge is 2.31.